The Hall–Kier alpha value is -1.69. The van der Waals surface area contributed by atoms with Crippen molar-refractivity contribution in [1.29, 1.82) is 0 Å². The summed E-state index contributed by atoms with van der Waals surface area (Å²) in [4.78, 5) is 17.0. The zero-order chi connectivity index (χ0) is 14.1. The minimum absolute atomic E-state index is 0.261. The zero-order valence-corrected chi connectivity index (χ0v) is 12.4. The lowest BCUT2D eigenvalue weighted by Crippen LogP contribution is -1.94. The summed E-state index contributed by atoms with van der Waals surface area (Å²) in [6.45, 7) is 0. The van der Waals surface area contributed by atoms with Gasteiger partial charge in [0.15, 0.2) is 0 Å². The fraction of sp³-hybridized carbons (Fsp3) is 0. The second-order valence-corrected chi connectivity index (χ2v) is 6.37. The molecule has 0 aliphatic carbocycles. The molecule has 100 valence electrons. The van der Waals surface area contributed by atoms with Gasteiger partial charge in [-0.05, 0) is 23.6 Å². The summed E-state index contributed by atoms with van der Waals surface area (Å²) in [6, 6.07) is 11.0. The van der Waals surface area contributed by atoms with E-state index in [2.05, 4.69) is 4.98 Å². The molecule has 2 aromatic heterocycles. The highest BCUT2D eigenvalue weighted by atomic mass is 35.5. The van der Waals surface area contributed by atoms with Gasteiger partial charge in [-0.3, -0.25) is 0 Å². The number of aromatic nitrogens is 1. The molecule has 20 heavy (non-hydrogen) atoms. The Balaban J connectivity index is 2.12. The highest BCUT2D eigenvalue weighted by Crippen LogP contribution is 2.36. The molecule has 3 nitrogen and oxygen atoms in total. The van der Waals surface area contributed by atoms with E-state index in [1.165, 1.54) is 22.7 Å². The number of thiazole rings is 1. The quantitative estimate of drug-likeness (QED) is 0.747. The Bertz CT molecular complexity index is 748. The molecule has 0 radical (unpaired) electrons. The van der Waals surface area contributed by atoms with Gasteiger partial charge in [-0.1, -0.05) is 29.8 Å². The van der Waals surface area contributed by atoms with E-state index in [-0.39, 0.29) is 4.88 Å². The number of hydrogen-bond acceptors (Lipinski definition) is 4. The van der Waals surface area contributed by atoms with E-state index >= 15 is 0 Å². The predicted octanol–water partition coefficient (Wildman–Crippen LogP) is 4.89. The van der Waals surface area contributed by atoms with Crippen molar-refractivity contribution in [3.63, 3.8) is 0 Å². The van der Waals surface area contributed by atoms with Gasteiger partial charge in [0.2, 0.25) is 0 Å². The Morgan fingerprint density at radius 1 is 1.20 bits per heavy atom. The number of carboxylic acids is 1. The van der Waals surface area contributed by atoms with Crippen molar-refractivity contribution in [3.8, 4) is 21.1 Å². The van der Waals surface area contributed by atoms with Crippen molar-refractivity contribution in [3.05, 3.63) is 51.7 Å². The lowest BCUT2D eigenvalue weighted by molar-refractivity contribution is 0.0703. The van der Waals surface area contributed by atoms with Gasteiger partial charge in [0, 0.05) is 10.6 Å². The van der Waals surface area contributed by atoms with E-state index in [0.29, 0.717) is 15.7 Å². The standard InChI is InChI=1S/C14H8ClNO2S2/c15-9-5-3-8(4-6-9)13-16-11(10-2-1-7-19-10)12(20-13)14(17)18/h1-7H,(H,17,18). The molecule has 0 aliphatic rings. The normalized spacial score (nSPS) is 10.7. The van der Waals surface area contributed by atoms with E-state index < -0.39 is 5.97 Å². The number of carbonyl (C=O) groups is 1. The molecule has 0 fully saturated rings. The van der Waals surface area contributed by atoms with Crippen molar-refractivity contribution in [1.82, 2.24) is 4.98 Å². The average molecular weight is 322 g/mol. The summed E-state index contributed by atoms with van der Waals surface area (Å²) in [5.74, 6) is -0.953. The third-order valence-corrected chi connectivity index (χ3v) is 4.89. The molecule has 1 aromatic carbocycles. The first-order valence-electron chi connectivity index (χ1n) is 5.69. The maximum absolute atomic E-state index is 11.4. The van der Waals surface area contributed by atoms with Crippen LogP contribution in [-0.4, -0.2) is 16.1 Å². The van der Waals surface area contributed by atoms with Crippen LogP contribution in [-0.2, 0) is 0 Å². The van der Waals surface area contributed by atoms with Gasteiger partial charge in [0.25, 0.3) is 0 Å². The van der Waals surface area contributed by atoms with Gasteiger partial charge in [-0.2, -0.15) is 0 Å². The average Bonchev–Trinajstić information content (AvgIpc) is 3.08. The van der Waals surface area contributed by atoms with E-state index in [1.807, 2.05) is 29.6 Å². The summed E-state index contributed by atoms with van der Waals surface area (Å²) in [5, 5.41) is 12.6. The smallest absolute Gasteiger partial charge is 0.348 e. The maximum Gasteiger partial charge on any atom is 0.348 e. The molecule has 0 bridgehead atoms. The lowest BCUT2D eigenvalue weighted by Gasteiger charge is -1.95. The largest absolute Gasteiger partial charge is 0.477 e. The molecule has 0 spiro atoms. The third-order valence-electron chi connectivity index (χ3n) is 2.67. The van der Waals surface area contributed by atoms with Crippen LogP contribution in [0.3, 0.4) is 0 Å². The van der Waals surface area contributed by atoms with Crippen LogP contribution >= 0.6 is 34.3 Å². The summed E-state index contributed by atoms with van der Waals surface area (Å²) >= 11 is 8.51. The minimum Gasteiger partial charge on any atom is -0.477 e. The molecule has 3 rings (SSSR count). The van der Waals surface area contributed by atoms with E-state index in [1.54, 1.807) is 12.1 Å². The van der Waals surface area contributed by atoms with Crippen LogP contribution in [0.5, 0.6) is 0 Å². The van der Waals surface area contributed by atoms with Crippen LogP contribution in [0.2, 0.25) is 5.02 Å². The van der Waals surface area contributed by atoms with Crippen molar-refractivity contribution >= 4 is 40.2 Å². The molecule has 0 amide bonds. The van der Waals surface area contributed by atoms with Gasteiger partial charge in [0.05, 0.1) is 4.88 Å². The number of aromatic carboxylic acids is 1. The summed E-state index contributed by atoms with van der Waals surface area (Å²) in [7, 11) is 0. The van der Waals surface area contributed by atoms with E-state index in [0.717, 1.165) is 10.4 Å². The zero-order valence-electron chi connectivity index (χ0n) is 10.0. The van der Waals surface area contributed by atoms with Gasteiger partial charge in [-0.15, -0.1) is 22.7 Å². The Morgan fingerprint density at radius 3 is 2.55 bits per heavy atom. The molecule has 0 unspecified atom stereocenters. The van der Waals surface area contributed by atoms with E-state index in [9.17, 15) is 9.90 Å². The monoisotopic (exact) mass is 321 g/mol. The van der Waals surface area contributed by atoms with Crippen LogP contribution < -0.4 is 0 Å². The Kier molecular flexibility index (Phi) is 3.56. The van der Waals surface area contributed by atoms with Crippen molar-refractivity contribution < 1.29 is 9.90 Å². The molecule has 0 atom stereocenters. The number of carboxylic acid groups (broad SMARTS) is 1. The Morgan fingerprint density at radius 2 is 1.95 bits per heavy atom. The van der Waals surface area contributed by atoms with Crippen LogP contribution in [0.1, 0.15) is 9.67 Å². The topological polar surface area (TPSA) is 50.2 Å². The molecular formula is C14H8ClNO2S2. The predicted molar refractivity (Wildman–Crippen MR) is 82.8 cm³/mol. The molecular weight excluding hydrogens is 314 g/mol. The maximum atomic E-state index is 11.4. The highest BCUT2D eigenvalue weighted by molar-refractivity contribution is 7.18. The molecule has 0 saturated carbocycles. The number of thiophene rings is 1. The first kappa shape index (κ1) is 13.3. The first-order valence-corrected chi connectivity index (χ1v) is 7.76. The minimum atomic E-state index is -0.953. The Labute approximate surface area is 128 Å². The number of nitrogens with zero attached hydrogens (tertiary/aromatic N) is 1. The van der Waals surface area contributed by atoms with Crippen molar-refractivity contribution in [2.24, 2.45) is 0 Å². The summed E-state index contributed by atoms with van der Waals surface area (Å²) in [5.41, 5.74) is 1.40. The summed E-state index contributed by atoms with van der Waals surface area (Å²) in [6.07, 6.45) is 0. The lowest BCUT2D eigenvalue weighted by atomic mass is 10.2. The third kappa shape index (κ3) is 2.47. The van der Waals surface area contributed by atoms with Crippen molar-refractivity contribution in [2.75, 3.05) is 0 Å². The highest BCUT2D eigenvalue weighted by Gasteiger charge is 2.20. The van der Waals surface area contributed by atoms with Gasteiger partial charge >= 0.3 is 5.97 Å². The van der Waals surface area contributed by atoms with E-state index in [4.69, 9.17) is 11.6 Å². The number of halogens is 1. The number of benzene rings is 1. The molecule has 0 aliphatic heterocycles. The van der Waals surface area contributed by atoms with Crippen LogP contribution in [0, 0.1) is 0 Å². The van der Waals surface area contributed by atoms with Crippen LogP contribution in [0.15, 0.2) is 41.8 Å². The fourth-order valence-electron chi connectivity index (χ4n) is 1.76. The van der Waals surface area contributed by atoms with Gasteiger partial charge < -0.3 is 5.11 Å². The van der Waals surface area contributed by atoms with Crippen molar-refractivity contribution in [2.45, 2.75) is 0 Å². The second-order valence-electron chi connectivity index (χ2n) is 3.99. The second kappa shape index (κ2) is 5.36. The molecule has 3 aromatic rings. The molecule has 1 N–H and O–H groups in total. The fourth-order valence-corrected chi connectivity index (χ4v) is 3.60. The van der Waals surface area contributed by atoms with Crippen LogP contribution in [0.25, 0.3) is 21.1 Å². The SMILES string of the molecule is O=C(O)c1sc(-c2ccc(Cl)cc2)nc1-c1cccs1. The van der Waals surface area contributed by atoms with Gasteiger partial charge in [-0.25, -0.2) is 9.78 Å². The number of rotatable bonds is 3. The molecule has 2 heterocycles. The molecule has 0 saturated heterocycles. The van der Waals surface area contributed by atoms with Crippen LogP contribution in [0.4, 0.5) is 0 Å². The summed E-state index contributed by atoms with van der Waals surface area (Å²) < 4.78 is 0. The molecule has 6 heteroatoms. The van der Waals surface area contributed by atoms with Gasteiger partial charge in [0.1, 0.15) is 15.6 Å². The number of hydrogen-bond donors (Lipinski definition) is 1. The first-order chi connectivity index (χ1) is 9.65.